The molecule has 10 atom stereocenters. The molecule has 4 aliphatic carbocycles. The van der Waals surface area contributed by atoms with Gasteiger partial charge in [-0.2, -0.15) is 0 Å². The van der Waals surface area contributed by atoms with Gasteiger partial charge in [-0.1, -0.05) is 20.8 Å². The molecule has 6 nitrogen and oxygen atoms in total. The highest BCUT2D eigenvalue weighted by Gasteiger charge is 2.63. The molecule has 4 fully saturated rings. The van der Waals surface area contributed by atoms with Gasteiger partial charge in [-0.15, -0.1) is 0 Å². The van der Waals surface area contributed by atoms with E-state index in [4.69, 9.17) is 14.2 Å². The predicted molar refractivity (Wildman–Crippen MR) is 132 cm³/mol. The number of hydrogen-bond acceptors (Lipinski definition) is 6. The number of esters is 3. The van der Waals surface area contributed by atoms with Gasteiger partial charge in [-0.25, -0.2) is 0 Å². The summed E-state index contributed by atoms with van der Waals surface area (Å²) >= 11 is 0. The zero-order valence-corrected chi connectivity index (χ0v) is 22.6. The normalized spacial score (nSPS) is 43.2. The van der Waals surface area contributed by atoms with Crippen molar-refractivity contribution in [2.24, 2.45) is 46.3 Å². The van der Waals surface area contributed by atoms with Crippen molar-refractivity contribution in [2.75, 3.05) is 7.11 Å². The molecule has 0 bridgehead atoms. The first-order valence-corrected chi connectivity index (χ1v) is 13.9. The van der Waals surface area contributed by atoms with Crippen LogP contribution in [0.2, 0.25) is 0 Å². The van der Waals surface area contributed by atoms with Crippen molar-refractivity contribution in [2.45, 2.75) is 111 Å². The molecule has 0 aliphatic heterocycles. The summed E-state index contributed by atoms with van der Waals surface area (Å²) in [5.74, 6) is 2.43. The first-order valence-electron chi connectivity index (χ1n) is 13.9. The number of rotatable bonds is 6. The van der Waals surface area contributed by atoms with Crippen LogP contribution in [-0.2, 0) is 28.6 Å². The van der Waals surface area contributed by atoms with Gasteiger partial charge < -0.3 is 14.2 Å². The summed E-state index contributed by atoms with van der Waals surface area (Å²) in [6.45, 7) is 10.3. The maximum absolute atomic E-state index is 12.2. The van der Waals surface area contributed by atoms with E-state index in [-0.39, 0.29) is 40.9 Å². The zero-order chi connectivity index (χ0) is 25.5. The summed E-state index contributed by atoms with van der Waals surface area (Å²) in [4.78, 5) is 35.6. The monoisotopic (exact) mass is 490 g/mol. The Hall–Kier alpha value is -1.59. The van der Waals surface area contributed by atoms with Crippen LogP contribution in [0.25, 0.3) is 0 Å². The summed E-state index contributed by atoms with van der Waals surface area (Å²) < 4.78 is 16.6. The Morgan fingerprint density at radius 3 is 2.20 bits per heavy atom. The van der Waals surface area contributed by atoms with Crippen LogP contribution in [0.4, 0.5) is 0 Å². The van der Waals surface area contributed by atoms with E-state index in [1.807, 2.05) is 0 Å². The third kappa shape index (κ3) is 4.87. The van der Waals surface area contributed by atoms with E-state index < -0.39 is 0 Å². The SMILES string of the molecule is COC(=O)CC[C@@H](C)[C@H]1CC[C@H]2[C@@H]3[C@H](OC(C)=O)C[C@H]4C[C@H](OC(C)=O)CC[C@]4(C)[C@H]3CC[C@@]12C. The first-order chi connectivity index (χ1) is 16.5. The van der Waals surface area contributed by atoms with Crippen molar-refractivity contribution in [3.8, 4) is 0 Å². The topological polar surface area (TPSA) is 78.9 Å². The van der Waals surface area contributed by atoms with Crippen molar-refractivity contribution in [3.63, 3.8) is 0 Å². The van der Waals surface area contributed by atoms with Crippen LogP contribution in [0.3, 0.4) is 0 Å². The van der Waals surface area contributed by atoms with E-state index in [1.54, 1.807) is 6.92 Å². The third-order valence-corrected chi connectivity index (χ3v) is 11.1. The van der Waals surface area contributed by atoms with Gasteiger partial charge in [-0.3, -0.25) is 14.4 Å². The smallest absolute Gasteiger partial charge is 0.305 e. The van der Waals surface area contributed by atoms with Gasteiger partial charge >= 0.3 is 17.9 Å². The molecule has 4 aliphatic rings. The van der Waals surface area contributed by atoms with Gasteiger partial charge in [0.1, 0.15) is 12.2 Å². The molecule has 0 heterocycles. The van der Waals surface area contributed by atoms with E-state index >= 15 is 0 Å². The molecule has 4 saturated carbocycles. The molecule has 0 amide bonds. The maximum atomic E-state index is 12.2. The fourth-order valence-electron chi connectivity index (χ4n) is 9.46. The van der Waals surface area contributed by atoms with Crippen LogP contribution < -0.4 is 0 Å². The van der Waals surface area contributed by atoms with Crippen LogP contribution in [-0.4, -0.2) is 37.2 Å². The lowest BCUT2D eigenvalue weighted by Crippen LogP contribution is -2.59. The quantitative estimate of drug-likeness (QED) is 0.351. The highest BCUT2D eigenvalue weighted by molar-refractivity contribution is 5.69. The Bertz CT molecular complexity index is 824. The highest BCUT2D eigenvalue weighted by Crippen LogP contribution is 2.68. The second kappa shape index (κ2) is 10.0. The Kier molecular flexibility index (Phi) is 7.60. The molecule has 0 aromatic heterocycles. The molecular weight excluding hydrogens is 444 g/mol. The van der Waals surface area contributed by atoms with Gasteiger partial charge in [0.2, 0.25) is 0 Å². The predicted octanol–water partition coefficient (Wildman–Crippen LogP) is 5.71. The van der Waals surface area contributed by atoms with Gasteiger partial charge in [0.25, 0.3) is 0 Å². The lowest BCUT2D eigenvalue weighted by molar-refractivity contribution is -0.197. The minimum absolute atomic E-state index is 0.0134. The Morgan fingerprint density at radius 1 is 0.886 bits per heavy atom. The number of carbonyl (C=O) groups is 3. The van der Waals surface area contributed by atoms with Crippen LogP contribution >= 0.6 is 0 Å². The lowest BCUT2D eigenvalue weighted by atomic mass is 9.43. The summed E-state index contributed by atoms with van der Waals surface area (Å²) in [7, 11) is 1.47. The fourth-order valence-corrected chi connectivity index (χ4v) is 9.46. The van der Waals surface area contributed by atoms with E-state index in [0.717, 1.165) is 32.1 Å². The highest BCUT2D eigenvalue weighted by atomic mass is 16.5. The van der Waals surface area contributed by atoms with E-state index in [1.165, 1.54) is 39.7 Å². The minimum Gasteiger partial charge on any atom is -0.469 e. The average molecular weight is 491 g/mol. The fraction of sp³-hybridized carbons (Fsp3) is 0.897. The molecule has 0 unspecified atom stereocenters. The number of hydrogen-bond donors (Lipinski definition) is 0. The molecule has 0 aromatic rings. The van der Waals surface area contributed by atoms with Crippen molar-refractivity contribution < 1.29 is 28.6 Å². The van der Waals surface area contributed by atoms with Crippen LogP contribution in [0.15, 0.2) is 0 Å². The minimum atomic E-state index is -0.199. The summed E-state index contributed by atoms with van der Waals surface area (Å²) in [6, 6.07) is 0. The molecule has 0 radical (unpaired) electrons. The molecule has 0 saturated heterocycles. The van der Waals surface area contributed by atoms with Gasteiger partial charge in [-0.05, 0) is 98.2 Å². The van der Waals surface area contributed by atoms with Crippen molar-refractivity contribution in [3.05, 3.63) is 0 Å². The second-order valence-corrected chi connectivity index (χ2v) is 12.7. The first kappa shape index (κ1) is 26.5. The summed E-state index contributed by atoms with van der Waals surface area (Å²) in [6.07, 6.45) is 9.80. The third-order valence-electron chi connectivity index (χ3n) is 11.1. The Labute approximate surface area is 211 Å². The van der Waals surface area contributed by atoms with E-state index in [0.29, 0.717) is 41.9 Å². The van der Waals surface area contributed by atoms with Gasteiger partial charge in [0, 0.05) is 26.2 Å². The molecule has 0 aromatic carbocycles. The molecule has 6 heteroatoms. The summed E-state index contributed by atoms with van der Waals surface area (Å²) in [5, 5.41) is 0. The number of ether oxygens (including phenoxy) is 3. The number of fused-ring (bicyclic) bond motifs is 5. The largest absolute Gasteiger partial charge is 0.469 e. The Morgan fingerprint density at radius 2 is 1.54 bits per heavy atom. The molecule has 198 valence electrons. The molecule has 35 heavy (non-hydrogen) atoms. The molecule has 4 rings (SSSR count). The average Bonchev–Trinajstić information content (AvgIpc) is 3.14. The maximum Gasteiger partial charge on any atom is 0.305 e. The summed E-state index contributed by atoms with van der Waals surface area (Å²) in [5.41, 5.74) is 0.418. The standard InChI is InChI=1S/C29H46O6/c1-17(7-10-26(32)33-6)22-8-9-23-27-24(12-14-29(22,23)5)28(4)13-11-21(34-18(2)30)15-20(28)16-25(27)35-19(3)31/h17,20-25,27H,7-16H2,1-6H3/t17-,20-,21-,22-,23+,24+,25-,27+,28+,29+/m1/s1. The van der Waals surface area contributed by atoms with Gasteiger partial charge in [0.15, 0.2) is 0 Å². The van der Waals surface area contributed by atoms with Crippen LogP contribution in [0.1, 0.15) is 98.8 Å². The van der Waals surface area contributed by atoms with E-state index in [2.05, 4.69) is 20.8 Å². The zero-order valence-electron chi connectivity index (χ0n) is 22.6. The number of methoxy groups -OCH3 is 1. The van der Waals surface area contributed by atoms with E-state index in [9.17, 15) is 14.4 Å². The van der Waals surface area contributed by atoms with Crippen molar-refractivity contribution >= 4 is 17.9 Å². The molecule has 0 N–H and O–H groups in total. The van der Waals surface area contributed by atoms with Crippen molar-refractivity contribution in [1.82, 2.24) is 0 Å². The van der Waals surface area contributed by atoms with Gasteiger partial charge in [0.05, 0.1) is 7.11 Å². The lowest BCUT2D eigenvalue weighted by Gasteiger charge is -2.62. The Balaban J connectivity index is 1.57. The number of carbonyl (C=O) groups excluding carboxylic acids is 3. The van der Waals surface area contributed by atoms with Crippen LogP contribution in [0.5, 0.6) is 0 Å². The molecular formula is C29H46O6. The van der Waals surface area contributed by atoms with Crippen LogP contribution in [0, 0.1) is 46.3 Å². The molecule has 0 spiro atoms. The second-order valence-electron chi connectivity index (χ2n) is 12.7. The van der Waals surface area contributed by atoms with Crippen molar-refractivity contribution in [1.29, 1.82) is 0 Å².